The van der Waals surface area contributed by atoms with E-state index in [-0.39, 0.29) is 5.91 Å². The van der Waals surface area contributed by atoms with Crippen molar-refractivity contribution in [3.8, 4) is 0 Å². The molecule has 1 amide bonds. The van der Waals surface area contributed by atoms with Crippen LogP contribution in [0.3, 0.4) is 0 Å². The minimum atomic E-state index is -0.323. The molecule has 0 N–H and O–H groups in total. The molecule has 2 rings (SSSR count). The second-order valence-corrected chi connectivity index (χ2v) is 4.01. The molecule has 0 saturated carbocycles. The predicted molar refractivity (Wildman–Crippen MR) is 64.8 cm³/mol. The molecule has 0 atom stereocenters. The predicted octanol–water partition coefficient (Wildman–Crippen LogP) is 1.86. The average molecular weight is 254 g/mol. The van der Waals surface area contributed by atoms with Crippen LogP contribution < -0.4 is 0 Å². The van der Waals surface area contributed by atoms with Gasteiger partial charge in [0.2, 0.25) is 0 Å². The van der Waals surface area contributed by atoms with Crippen LogP contribution in [0.2, 0.25) is 5.02 Å². The van der Waals surface area contributed by atoms with E-state index in [4.69, 9.17) is 16.4 Å². The lowest BCUT2D eigenvalue weighted by Crippen LogP contribution is -2.25. The Balaban J connectivity index is 2.57. The normalized spacial score (nSPS) is 10.8. The maximum Gasteiger partial charge on any atom is 0.280 e. The third-order valence-electron chi connectivity index (χ3n) is 2.62. The number of hydrogen-bond acceptors (Lipinski definition) is 3. The Labute approximate surface area is 104 Å². The number of aryl methyl sites for hydroxylation is 1. The molecule has 2 aromatic heterocycles. The van der Waals surface area contributed by atoms with Crippen molar-refractivity contribution in [2.45, 2.75) is 0 Å². The minimum Gasteiger partial charge on any atom is -0.336 e. The lowest BCUT2D eigenvalue weighted by atomic mass is 10.2. The van der Waals surface area contributed by atoms with Crippen LogP contribution in [0, 0.1) is 0 Å². The van der Waals surface area contributed by atoms with Crippen LogP contribution in [0.15, 0.2) is 18.5 Å². The largest absolute Gasteiger partial charge is 0.336 e. The highest BCUT2D eigenvalue weighted by Gasteiger charge is 2.18. The zero-order valence-corrected chi connectivity index (χ0v) is 10.5. The number of nitrogens with zero attached hydrogens (tertiary/aromatic N) is 3. The summed E-state index contributed by atoms with van der Waals surface area (Å²) in [5, 5.41) is 2.26. The van der Waals surface area contributed by atoms with Gasteiger partial charge in [-0.1, -0.05) is 11.6 Å². The van der Waals surface area contributed by atoms with Crippen molar-refractivity contribution in [2.24, 2.45) is 7.05 Å². The lowest BCUT2D eigenvalue weighted by Gasteiger charge is -2.14. The van der Waals surface area contributed by atoms with Crippen LogP contribution in [0.25, 0.3) is 11.0 Å². The van der Waals surface area contributed by atoms with Crippen LogP contribution in [0.1, 0.15) is 10.4 Å². The van der Waals surface area contributed by atoms with Gasteiger partial charge < -0.3 is 4.57 Å². The van der Waals surface area contributed by atoms with Crippen LogP contribution in [0.5, 0.6) is 0 Å². The van der Waals surface area contributed by atoms with Gasteiger partial charge in [-0.2, -0.15) is 0 Å². The van der Waals surface area contributed by atoms with Crippen molar-refractivity contribution >= 4 is 28.5 Å². The van der Waals surface area contributed by atoms with Crippen molar-refractivity contribution in [2.75, 3.05) is 14.2 Å². The summed E-state index contributed by atoms with van der Waals surface area (Å²) in [4.78, 5) is 21.0. The lowest BCUT2D eigenvalue weighted by molar-refractivity contribution is -0.0757. The van der Waals surface area contributed by atoms with E-state index in [9.17, 15) is 4.79 Å². The number of aromatic nitrogens is 2. The van der Waals surface area contributed by atoms with Gasteiger partial charge in [0.05, 0.1) is 17.7 Å². The van der Waals surface area contributed by atoms with Crippen LogP contribution >= 0.6 is 11.6 Å². The highest BCUT2D eigenvalue weighted by Crippen LogP contribution is 2.26. The molecule has 0 aromatic carbocycles. The fourth-order valence-corrected chi connectivity index (χ4v) is 1.86. The number of pyridine rings is 1. The molecule has 2 heterocycles. The zero-order chi connectivity index (χ0) is 12.6. The van der Waals surface area contributed by atoms with E-state index in [1.54, 1.807) is 0 Å². The van der Waals surface area contributed by atoms with Gasteiger partial charge in [0.1, 0.15) is 5.65 Å². The Kier molecular flexibility index (Phi) is 3.04. The third kappa shape index (κ3) is 1.87. The number of halogens is 1. The summed E-state index contributed by atoms with van der Waals surface area (Å²) in [7, 11) is 4.81. The van der Waals surface area contributed by atoms with Crippen LogP contribution in [-0.2, 0) is 11.9 Å². The van der Waals surface area contributed by atoms with Gasteiger partial charge in [0, 0.05) is 31.9 Å². The second-order valence-electron chi connectivity index (χ2n) is 3.63. The standard InChI is InChI=1S/C11H12ClN3O2/c1-14-5-4-7-9(12)8(6-13-10(7)14)11(16)15(2)17-3/h4-6H,1-3H3. The number of hydroxylamine groups is 2. The van der Waals surface area contributed by atoms with Gasteiger partial charge in [-0.15, -0.1) is 0 Å². The summed E-state index contributed by atoms with van der Waals surface area (Å²) in [6.07, 6.45) is 3.31. The minimum absolute atomic E-state index is 0.323. The summed E-state index contributed by atoms with van der Waals surface area (Å²) >= 11 is 6.19. The van der Waals surface area contributed by atoms with E-state index < -0.39 is 0 Å². The van der Waals surface area contributed by atoms with Gasteiger partial charge in [0.15, 0.2) is 0 Å². The SMILES string of the molecule is CON(C)C(=O)c1cnc2c(ccn2C)c1Cl. The molecule has 6 heteroatoms. The molecular weight excluding hydrogens is 242 g/mol. The fraction of sp³-hybridized carbons (Fsp3) is 0.273. The smallest absolute Gasteiger partial charge is 0.280 e. The molecule has 0 aliphatic rings. The molecule has 2 aromatic rings. The number of rotatable bonds is 2. The molecule has 0 fully saturated rings. The van der Waals surface area contributed by atoms with Crippen molar-refractivity contribution in [1.82, 2.24) is 14.6 Å². The zero-order valence-electron chi connectivity index (χ0n) is 9.77. The van der Waals surface area contributed by atoms with Gasteiger partial charge in [-0.25, -0.2) is 10.0 Å². The van der Waals surface area contributed by atoms with Gasteiger partial charge in [0.25, 0.3) is 5.91 Å². The van der Waals surface area contributed by atoms with Gasteiger partial charge in [-0.3, -0.25) is 9.63 Å². The summed E-state index contributed by atoms with van der Waals surface area (Å²) in [5.41, 5.74) is 1.07. The molecule has 17 heavy (non-hydrogen) atoms. The second kappa shape index (κ2) is 4.35. The van der Waals surface area contributed by atoms with Gasteiger partial charge in [-0.05, 0) is 6.07 Å². The number of fused-ring (bicyclic) bond motifs is 1. The third-order valence-corrected chi connectivity index (χ3v) is 3.03. The number of carbonyl (C=O) groups excluding carboxylic acids is 1. The topological polar surface area (TPSA) is 47.4 Å². The van der Waals surface area contributed by atoms with E-state index in [0.717, 1.165) is 16.1 Å². The number of carbonyl (C=O) groups is 1. The Morgan fingerprint density at radius 1 is 1.59 bits per heavy atom. The Hall–Kier alpha value is -1.59. The molecule has 0 spiro atoms. The highest BCUT2D eigenvalue weighted by atomic mass is 35.5. The number of hydrogen-bond donors (Lipinski definition) is 0. The average Bonchev–Trinajstić information content (AvgIpc) is 2.71. The van der Waals surface area contributed by atoms with Crippen molar-refractivity contribution in [1.29, 1.82) is 0 Å². The summed E-state index contributed by atoms with van der Waals surface area (Å²) in [6, 6.07) is 1.83. The first-order valence-corrected chi connectivity index (χ1v) is 5.35. The Morgan fingerprint density at radius 2 is 2.29 bits per heavy atom. The molecule has 0 unspecified atom stereocenters. The molecule has 90 valence electrons. The van der Waals surface area contributed by atoms with E-state index in [1.165, 1.54) is 20.4 Å². The van der Waals surface area contributed by atoms with Crippen LogP contribution in [-0.4, -0.2) is 34.7 Å². The maximum absolute atomic E-state index is 11.9. The number of amides is 1. The Morgan fingerprint density at radius 3 is 2.94 bits per heavy atom. The van der Waals surface area contributed by atoms with E-state index in [0.29, 0.717) is 10.6 Å². The molecule has 0 saturated heterocycles. The molecule has 0 radical (unpaired) electrons. The quantitative estimate of drug-likeness (QED) is 0.768. The monoisotopic (exact) mass is 253 g/mol. The molecule has 0 aliphatic carbocycles. The van der Waals surface area contributed by atoms with Crippen molar-refractivity contribution < 1.29 is 9.63 Å². The van der Waals surface area contributed by atoms with Gasteiger partial charge >= 0.3 is 0 Å². The first-order valence-electron chi connectivity index (χ1n) is 4.98. The fourth-order valence-electron chi connectivity index (χ4n) is 1.58. The highest BCUT2D eigenvalue weighted by molar-refractivity contribution is 6.38. The van der Waals surface area contributed by atoms with Crippen LogP contribution in [0.4, 0.5) is 0 Å². The van der Waals surface area contributed by atoms with E-state index in [2.05, 4.69) is 4.98 Å². The van der Waals surface area contributed by atoms with E-state index >= 15 is 0 Å². The summed E-state index contributed by atoms with van der Waals surface area (Å²) < 4.78 is 1.84. The summed E-state index contributed by atoms with van der Waals surface area (Å²) in [5.74, 6) is -0.323. The molecule has 0 aliphatic heterocycles. The molecule has 5 nitrogen and oxygen atoms in total. The first kappa shape index (κ1) is 11.9. The van der Waals surface area contributed by atoms with Crippen molar-refractivity contribution in [3.63, 3.8) is 0 Å². The first-order chi connectivity index (χ1) is 8.06. The van der Waals surface area contributed by atoms with E-state index in [1.807, 2.05) is 23.9 Å². The molecule has 0 bridgehead atoms. The summed E-state index contributed by atoms with van der Waals surface area (Å²) in [6.45, 7) is 0. The molecular formula is C11H12ClN3O2. The maximum atomic E-state index is 11.9. The van der Waals surface area contributed by atoms with Crippen molar-refractivity contribution in [3.05, 3.63) is 29.0 Å². The Bertz CT molecular complexity index is 579.